The standard InChI is InChI=1S/C29H34N6O2/c30-26(25(20-8-3-1-4-9-20)21-10-5-2-6-11-21)28(37)35-15-7-12-24(35)27(36)32-17-19-13-14-23-22(16-19)18-33-29(31)34-23/h1-6,8-11,18-19,24-26H,7,12-17,30H2,(H,32,36)(H2,31,33,34)/t19?,24-,26?/m0/s1. The van der Waals surface area contributed by atoms with Crippen LogP contribution >= 0.6 is 0 Å². The van der Waals surface area contributed by atoms with Crippen LogP contribution in [0.15, 0.2) is 66.9 Å². The number of carbonyl (C=O) groups excluding carboxylic acids is 2. The minimum atomic E-state index is -0.791. The number of fused-ring (bicyclic) bond motifs is 1. The number of nitrogens with one attached hydrogen (secondary N) is 1. The molecule has 2 amide bonds. The third-order valence-corrected chi connectivity index (χ3v) is 7.64. The molecule has 0 radical (unpaired) electrons. The summed E-state index contributed by atoms with van der Waals surface area (Å²) in [4.78, 5) is 37.1. The van der Waals surface area contributed by atoms with Gasteiger partial charge in [-0.15, -0.1) is 0 Å². The number of nitrogen functional groups attached to an aromatic ring is 1. The molecule has 2 aliphatic rings. The Morgan fingerprint density at radius 2 is 1.70 bits per heavy atom. The van der Waals surface area contributed by atoms with E-state index in [1.54, 1.807) is 11.1 Å². The van der Waals surface area contributed by atoms with Gasteiger partial charge in [0, 0.05) is 30.9 Å². The highest BCUT2D eigenvalue weighted by molar-refractivity contribution is 5.91. The maximum absolute atomic E-state index is 13.7. The number of likely N-dealkylation sites (tertiary alicyclic amines) is 1. The van der Waals surface area contributed by atoms with Crippen molar-refractivity contribution in [1.29, 1.82) is 0 Å². The molecule has 192 valence electrons. The maximum atomic E-state index is 13.7. The molecule has 1 aromatic heterocycles. The summed E-state index contributed by atoms with van der Waals surface area (Å²) in [5, 5.41) is 3.11. The van der Waals surface area contributed by atoms with E-state index in [0.717, 1.165) is 48.1 Å². The first-order valence-electron chi connectivity index (χ1n) is 13.0. The highest BCUT2D eigenvalue weighted by Crippen LogP contribution is 2.30. The van der Waals surface area contributed by atoms with Crippen LogP contribution in [0.3, 0.4) is 0 Å². The molecule has 0 bridgehead atoms. The van der Waals surface area contributed by atoms with E-state index < -0.39 is 12.1 Å². The van der Waals surface area contributed by atoms with Crippen LogP contribution in [0.2, 0.25) is 0 Å². The second kappa shape index (κ2) is 11.1. The van der Waals surface area contributed by atoms with Crippen LogP contribution in [0.1, 0.15) is 47.6 Å². The van der Waals surface area contributed by atoms with Crippen molar-refractivity contribution < 1.29 is 9.59 Å². The van der Waals surface area contributed by atoms with E-state index in [1.165, 1.54) is 0 Å². The molecule has 5 N–H and O–H groups in total. The Labute approximate surface area is 217 Å². The molecule has 0 saturated carbocycles. The van der Waals surface area contributed by atoms with Gasteiger partial charge in [0.05, 0.1) is 6.04 Å². The molecule has 2 aromatic carbocycles. The van der Waals surface area contributed by atoms with Gasteiger partial charge in [-0.2, -0.15) is 0 Å². The molecule has 3 aromatic rings. The lowest BCUT2D eigenvalue weighted by Crippen LogP contribution is -2.53. The van der Waals surface area contributed by atoms with E-state index in [0.29, 0.717) is 31.4 Å². The zero-order valence-electron chi connectivity index (χ0n) is 20.9. The highest BCUT2D eigenvalue weighted by Gasteiger charge is 2.39. The number of anilines is 1. The van der Waals surface area contributed by atoms with Gasteiger partial charge >= 0.3 is 0 Å². The van der Waals surface area contributed by atoms with E-state index in [-0.39, 0.29) is 17.7 Å². The summed E-state index contributed by atoms with van der Waals surface area (Å²) in [6, 6.07) is 18.4. The van der Waals surface area contributed by atoms with Crippen LogP contribution < -0.4 is 16.8 Å². The largest absolute Gasteiger partial charge is 0.368 e. The Bertz CT molecular complexity index is 1200. The van der Waals surface area contributed by atoms with Crippen molar-refractivity contribution in [2.45, 2.75) is 50.1 Å². The van der Waals surface area contributed by atoms with E-state index in [9.17, 15) is 9.59 Å². The fraction of sp³-hybridized carbons (Fsp3) is 0.379. The van der Waals surface area contributed by atoms with Crippen molar-refractivity contribution in [3.8, 4) is 0 Å². The summed E-state index contributed by atoms with van der Waals surface area (Å²) in [7, 11) is 0. The minimum absolute atomic E-state index is 0.103. The predicted molar refractivity (Wildman–Crippen MR) is 142 cm³/mol. The topological polar surface area (TPSA) is 127 Å². The Kier molecular flexibility index (Phi) is 7.46. The highest BCUT2D eigenvalue weighted by atomic mass is 16.2. The zero-order valence-corrected chi connectivity index (χ0v) is 20.9. The van der Waals surface area contributed by atoms with Gasteiger partial charge in [0.15, 0.2) is 0 Å². The molecule has 8 heteroatoms. The van der Waals surface area contributed by atoms with Crippen molar-refractivity contribution in [2.24, 2.45) is 11.7 Å². The van der Waals surface area contributed by atoms with Crippen molar-refractivity contribution in [2.75, 3.05) is 18.8 Å². The maximum Gasteiger partial charge on any atom is 0.242 e. The molecule has 1 saturated heterocycles. The molecule has 1 fully saturated rings. The van der Waals surface area contributed by atoms with Gasteiger partial charge in [-0.1, -0.05) is 60.7 Å². The monoisotopic (exact) mass is 498 g/mol. The van der Waals surface area contributed by atoms with Crippen LogP contribution in [0.4, 0.5) is 5.95 Å². The molecule has 0 spiro atoms. The number of nitrogens with two attached hydrogens (primary N) is 2. The number of aromatic nitrogens is 2. The third kappa shape index (κ3) is 5.49. The molecule has 1 aliphatic heterocycles. The average Bonchev–Trinajstić information content (AvgIpc) is 3.43. The summed E-state index contributed by atoms with van der Waals surface area (Å²) < 4.78 is 0. The minimum Gasteiger partial charge on any atom is -0.368 e. The Morgan fingerprint density at radius 1 is 1.03 bits per heavy atom. The summed E-state index contributed by atoms with van der Waals surface area (Å²) in [5.74, 6) is 0.0244. The van der Waals surface area contributed by atoms with Crippen LogP contribution in [0, 0.1) is 5.92 Å². The SMILES string of the molecule is Nc1ncc2c(n1)CCC(CNC(=O)[C@@H]1CCCN1C(=O)C(N)C(c1ccccc1)c1ccccc1)C2. The van der Waals surface area contributed by atoms with Crippen LogP contribution in [-0.4, -0.2) is 51.9 Å². The lowest BCUT2D eigenvalue weighted by atomic mass is 9.84. The lowest BCUT2D eigenvalue weighted by Gasteiger charge is -2.31. The van der Waals surface area contributed by atoms with Crippen LogP contribution in [0.25, 0.3) is 0 Å². The Morgan fingerprint density at radius 3 is 2.38 bits per heavy atom. The van der Waals surface area contributed by atoms with Crippen molar-refractivity contribution in [1.82, 2.24) is 20.2 Å². The van der Waals surface area contributed by atoms with Crippen LogP contribution in [0.5, 0.6) is 0 Å². The second-order valence-electron chi connectivity index (χ2n) is 10.1. The van der Waals surface area contributed by atoms with E-state index in [4.69, 9.17) is 11.5 Å². The van der Waals surface area contributed by atoms with Gasteiger partial charge in [-0.05, 0) is 54.7 Å². The number of nitrogens with zero attached hydrogens (tertiary/aromatic N) is 3. The van der Waals surface area contributed by atoms with Crippen molar-refractivity contribution in [3.05, 3.63) is 89.2 Å². The van der Waals surface area contributed by atoms with Gasteiger partial charge < -0.3 is 21.7 Å². The van der Waals surface area contributed by atoms with Gasteiger partial charge in [0.1, 0.15) is 6.04 Å². The number of hydrogen-bond donors (Lipinski definition) is 3. The molecule has 5 rings (SSSR count). The predicted octanol–water partition coefficient (Wildman–Crippen LogP) is 2.43. The second-order valence-corrected chi connectivity index (χ2v) is 10.1. The Hall–Kier alpha value is -3.78. The number of benzene rings is 2. The lowest BCUT2D eigenvalue weighted by molar-refractivity contribution is -0.139. The molecule has 1 aliphatic carbocycles. The molecular formula is C29H34N6O2. The number of hydrogen-bond acceptors (Lipinski definition) is 6. The molecule has 37 heavy (non-hydrogen) atoms. The van der Waals surface area contributed by atoms with E-state index in [2.05, 4.69) is 15.3 Å². The number of rotatable bonds is 7. The molecule has 2 unspecified atom stereocenters. The summed E-state index contributed by atoms with van der Waals surface area (Å²) in [6.45, 7) is 1.10. The van der Waals surface area contributed by atoms with E-state index in [1.807, 2.05) is 60.7 Å². The third-order valence-electron chi connectivity index (χ3n) is 7.64. The molecular weight excluding hydrogens is 464 g/mol. The van der Waals surface area contributed by atoms with Gasteiger partial charge in [0.25, 0.3) is 0 Å². The first-order valence-corrected chi connectivity index (χ1v) is 13.0. The Balaban J connectivity index is 1.25. The summed E-state index contributed by atoms with van der Waals surface area (Å²) >= 11 is 0. The van der Waals surface area contributed by atoms with Crippen molar-refractivity contribution >= 4 is 17.8 Å². The normalized spacial score (nSPS) is 19.9. The number of carbonyl (C=O) groups is 2. The zero-order chi connectivity index (χ0) is 25.8. The van der Waals surface area contributed by atoms with Gasteiger partial charge in [0.2, 0.25) is 17.8 Å². The molecule has 3 atom stereocenters. The quantitative estimate of drug-likeness (QED) is 0.459. The number of amides is 2. The molecule has 8 nitrogen and oxygen atoms in total. The fourth-order valence-corrected chi connectivity index (χ4v) is 5.70. The summed E-state index contributed by atoms with van der Waals surface area (Å²) in [6.07, 6.45) is 5.79. The molecule has 2 heterocycles. The average molecular weight is 499 g/mol. The van der Waals surface area contributed by atoms with Crippen molar-refractivity contribution in [3.63, 3.8) is 0 Å². The van der Waals surface area contributed by atoms with Crippen LogP contribution in [-0.2, 0) is 22.4 Å². The van der Waals surface area contributed by atoms with E-state index >= 15 is 0 Å². The number of aryl methyl sites for hydroxylation is 1. The summed E-state index contributed by atoms with van der Waals surface area (Å²) in [5.41, 5.74) is 16.4. The smallest absolute Gasteiger partial charge is 0.242 e. The first-order chi connectivity index (χ1) is 18.0. The van der Waals surface area contributed by atoms with Gasteiger partial charge in [-0.3, -0.25) is 9.59 Å². The first kappa shape index (κ1) is 24.9. The van der Waals surface area contributed by atoms with Gasteiger partial charge in [-0.25, -0.2) is 9.97 Å². The fourth-order valence-electron chi connectivity index (χ4n) is 5.70.